The zero-order chi connectivity index (χ0) is 18.4. The van der Waals surface area contributed by atoms with Crippen LogP contribution in [0.4, 0.5) is 10.5 Å². The molecule has 2 unspecified atom stereocenters. The smallest absolute Gasteiger partial charge is 0.312 e. The molecule has 8 heteroatoms. The number of benzene rings is 1. The Morgan fingerprint density at radius 3 is 2.68 bits per heavy atom. The minimum atomic E-state index is -0.793. The van der Waals surface area contributed by atoms with Gasteiger partial charge in [0, 0.05) is 12.2 Å². The zero-order valence-corrected chi connectivity index (χ0v) is 13.9. The highest BCUT2D eigenvalue weighted by Crippen LogP contribution is 2.28. The van der Waals surface area contributed by atoms with Crippen LogP contribution in [0.3, 0.4) is 0 Å². The van der Waals surface area contributed by atoms with E-state index in [0.717, 1.165) is 0 Å². The maximum atomic E-state index is 12.7. The number of nitriles is 1. The van der Waals surface area contributed by atoms with Crippen molar-refractivity contribution in [2.45, 2.75) is 25.8 Å². The minimum absolute atomic E-state index is 0.117. The topological polar surface area (TPSA) is 126 Å². The van der Waals surface area contributed by atoms with Crippen LogP contribution in [0.15, 0.2) is 24.3 Å². The predicted octanol–water partition coefficient (Wildman–Crippen LogP) is 0.901. The highest BCUT2D eigenvalue weighted by Gasteiger charge is 2.39. The van der Waals surface area contributed by atoms with Gasteiger partial charge in [-0.2, -0.15) is 5.26 Å². The van der Waals surface area contributed by atoms with E-state index in [4.69, 9.17) is 15.7 Å². The molecule has 0 radical (unpaired) electrons. The van der Waals surface area contributed by atoms with Gasteiger partial charge in [-0.25, -0.2) is 4.79 Å². The Balaban J connectivity index is 2.13. The highest BCUT2D eigenvalue weighted by atomic mass is 16.5. The Hall–Kier alpha value is -3.08. The molecule has 8 nitrogen and oxygen atoms in total. The lowest BCUT2D eigenvalue weighted by atomic mass is 9.95. The van der Waals surface area contributed by atoms with Crippen LogP contribution in [0.2, 0.25) is 0 Å². The third-order valence-electron chi connectivity index (χ3n) is 4.06. The van der Waals surface area contributed by atoms with Crippen LogP contribution < -0.4 is 16.0 Å². The number of esters is 1. The van der Waals surface area contributed by atoms with Crippen molar-refractivity contribution in [3.63, 3.8) is 0 Å². The van der Waals surface area contributed by atoms with Crippen LogP contribution in [-0.2, 0) is 14.3 Å². The van der Waals surface area contributed by atoms with Gasteiger partial charge in [-0.15, -0.1) is 0 Å². The summed E-state index contributed by atoms with van der Waals surface area (Å²) in [6.45, 7) is 2.36. The Bertz CT molecular complexity index is 696. The van der Waals surface area contributed by atoms with Gasteiger partial charge in [-0.05, 0) is 37.6 Å². The average molecular weight is 344 g/mol. The van der Waals surface area contributed by atoms with E-state index in [1.54, 1.807) is 36.1 Å². The van der Waals surface area contributed by atoms with Crippen molar-refractivity contribution in [2.24, 2.45) is 11.7 Å². The molecule has 25 heavy (non-hydrogen) atoms. The van der Waals surface area contributed by atoms with Crippen molar-refractivity contribution in [1.29, 1.82) is 5.26 Å². The van der Waals surface area contributed by atoms with Gasteiger partial charge in [0.2, 0.25) is 5.91 Å². The normalized spacial score (nSPS) is 17.7. The molecule has 3 N–H and O–H groups in total. The largest absolute Gasteiger partial charge is 0.466 e. The van der Waals surface area contributed by atoms with E-state index < -0.39 is 24.0 Å². The van der Waals surface area contributed by atoms with Crippen molar-refractivity contribution in [2.75, 3.05) is 18.1 Å². The quantitative estimate of drug-likeness (QED) is 0.742. The molecular weight excluding hydrogens is 324 g/mol. The number of anilines is 1. The number of ether oxygens (including phenoxy) is 1. The fraction of sp³-hybridized carbons (Fsp3) is 0.412. The second kappa shape index (κ2) is 8.15. The summed E-state index contributed by atoms with van der Waals surface area (Å²) in [6, 6.07) is 7.17. The molecule has 1 aliphatic rings. The Labute approximate surface area is 145 Å². The molecule has 0 aliphatic carbocycles. The number of carbonyl (C=O) groups is 3. The number of rotatable bonds is 6. The number of hydrogen-bond acceptors (Lipinski definition) is 5. The molecule has 2 atom stereocenters. The Morgan fingerprint density at radius 1 is 1.44 bits per heavy atom. The van der Waals surface area contributed by atoms with Crippen LogP contribution >= 0.6 is 0 Å². The molecule has 1 saturated heterocycles. The number of carbonyl (C=O) groups excluding carboxylic acids is 3. The van der Waals surface area contributed by atoms with E-state index in [2.05, 4.69) is 5.32 Å². The van der Waals surface area contributed by atoms with E-state index in [1.807, 2.05) is 6.07 Å². The van der Waals surface area contributed by atoms with E-state index in [0.29, 0.717) is 24.2 Å². The summed E-state index contributed by atoms with van der Waals surface area (Å²) in [4.78, 5) is 37.3. The van der Waals surface area contributed by atoms with Gasteiger partial charge in [0.1, 0.15) is 0 Å². The molecule has 2 rings (SSSR count). The number of primary amides is 1. The summed E-state index contributed by atoms with van der Waals surface area (Å²) in [5.41, 5.74) is 6.35. The van der Waals surface area contributed by atoms with Crippen molar-refractivity contribution in [1.82, 2.24) is 5.32 Å². The summed E-state index contributed by atoms with van der Waals surface area (Å²) >= 11 is 0. The number of amides is 3. The van der Waals surface area contributed by atoms with Gasteiger partial charge in [0.15, 0.2) is 0 Å². The first kappa shape index (κ1) is 18.3. The predicted molar refractivity (Wildman–Crippen MR) is 89.4 cm³/mol. The van der Waals surface area contributed by atoms with Crippen LogP contribution in [0, 0.1) is 17.2 Å². The first-order valence-corrected chi connectivity index (χ1v) is 7.99. The van der Waals surface area contributed by atoms with Gasteiger partial charge in [0.05, 0.1) is 36.6 Å². The minimum Gasteiger partial charge on any atom is -0.466 e. The number of nitrogens with zero attached hydrogens (tertiary/aromatic N) is 2. The molecule has 1 aromatic carbocycles. The lowest BCUT2D eigenvalue weighted by Gasteiger charge is -2.23. The Kier molecular flexibility index (Phi) is 5.95. The summed E-state index contributed by atoms with van der Waals surface area (Å²) in [6.07, 6.45) is 0.359. The molecule has 1 aromatic rings. The van der Waals surface area contributed by atoms with Crippen molar-refractivity contribution < 1.29 is 19.1 Å². The number of nitrogens with one attached hydrogen (secondary N) is 1. The van der Waals surface area contributed by atoms with Gasteiger partial charge in [0.25, 0.3) is 0 Å². The number of nitrogens with two attached hydrogens (primary N) is 1. The molecule has 1 fully saturated rings. The fourth-order valence-electron chi connectivity index (χ4n) is 2.92. The molecule has 0 aromatic heterocycles. The van der Waals surface area contributed by atoms with Crippen molar-refractivity contribution >= 4 is 23.6 Å². The van der Waals surface area contributed by atoms with Crippen LogP contribution in [0.25, 0.3) is 0 Å². The lowest BCUT2D eigenvalue weighted by Crippen LogP contribution is -2.47. The molecule has 3 amide bonds. The van der Waals surface area contributed by atoms with E-state index in [9.17, 15) is 14.4 Å². The first-order chi connectivity index (χ1) is 12.0. The molecule has 0 spiro atoms. The molecule has 0 bridgehead atoms. The maximum absolute atomic E-state index is 12.7. The Morgan fingerprint density at radius 2 is 2.12 bits per heavy atom. The van der Waals surface area contributed by atoms with Crippen molar-refractivity contribution in [3.05, 3.63) is 29.8 Å². The molecule has 0 saturated carbocycles. The monoisotopic (exact) mass is 344 g/mol. The van der Waals surface area contributed by atoms with Gasteiger partial charge >= 0.3 is 12.0 Å². The second-order valence-corrected chi connectivity index (χ2v) is 5.67. The average Bonchev–Trinajstić information content (AvgIpc) is 2.95. The van der Waals surface area contributed by atoms with Crippen LogP contribution in [0.1, 0.15) is 25.3 Å². The van der Waals surface area contributed by atoms with E-state index in [-0.39, 0.29) is 18.9 Å². The zero-order valence-electron chi connectivity index (χ0n) is 13.9. The second-order valence-electron chi connectivity index (χ2n) is 5.67. The summed E-state index contributed by atoms with van der Waals surface area (Å²) in [5, 5.41) is 11.3. The fourth-order valence-corrected chi connectivity index (χ4v) is 2.92. The third kappa shape index (κ3) is 4.47. The van der Waals surface area contributed by atoms with Gasteiger partial charge in [-0.3, -0.25) is 9.59 Å². The summed E-state index contributed by atoms with van der Waals surface area (Å²) < 4.78 is 4.90. The third-order valence-corrected chi connectivity index (χ3v) is 4.06. The highest BCUT2D eigenvalue weighted by molar-refractivity contribution is 5.98. The standard InChI is InChI=1S/C17H20N4O4/c1-2-25-15(22)9-14(20-17(19)24)13-7-8-21(16(13)23)12-5-3-11(10-18)4-6-12/h3-6,13-14H,2,7-9H2,1H3,(H3,19,20,24). The van der Waals surface area contributed by atoms with Gasteiger partial charge < -0.3 is 20.7 Å². The number of urea groups is 1. The number of hydrogen-bond donors (Lipinski definition) is 2. The van der Waals surface area contributed by atoms with Crippen LogP contribution in [0.5, 0.6) is 0 Å². The molecular formula is C17H20N4O4. The van der Waals surface area contributed by atoms with E-state index in [1.165, 1.54) is 0 Å². The van der Waals surface area contributed by atoms with E-state index >= 15 is 0 Å². The summed E-state index contributed by atoms with van der Waals surface area (Å²) in [7, 11) is 0. The van der Waals surface area contributed by atoms with Gasteiger partial charge in [-0.1, -0.05) is 0 Å². The molecule has 132 valence electrons. The van der Waals surface area contributed by atoms with Crippen LogP contribution in [-0.4, -0.2) is 37.1 Å². The van der Waals surface area contributed by atoms with Crippen molar-refractivity contribution in [3.8, 4) is 6.07 Å². The molecule has 1 heterocycles. The maximum Gasteiger partial charge on any atom is 0.312 e. The SMILES string of the molecule is CCOC(=O)CC(NC(N)=O)C1CCN(c2ccc(C#N)cc2)C1=O. The molecule has 1 aliphatic heterocycles. The summed E-state index contributed by atoms with van der Waals surface area (Å²) in [5.74, 6) is -1.26. The lowest BCUT2D eigenvalue weighted by molar-refractivity contribution is -0.144. The first-order valence-electron chi connectivity index (χ1n) is 7.99.